The second-order valence-electron chi connectivity index (χ2n) is 4.09. The summed E-state index contributed by atoms with van der Waals surface area (Å²) in [6.45, 7) is -1.29. The van der Waals surface area contributed by atoms with Gasteiger partial charge < -0.3 is 20.1 Å². The average Bonchev–Trinajstić information content (AvgIpc) is 2.61. The molecule has 4 atom stereocenters. The van der Waals surface area contributed by atoms with Crippen LogP contribution >= 0.6 is 12.2 Å². The van der Waals surface area contributed by atoms with Gasteiger partial charge in [-0.05, 0) is 12.2 Å². The largest absolute Gasteiger partial charge is 0.390 e. The van der Waals surface area contributed by atoms with E-state index in [2.05, 4.69) is 9.72 Å². The fourth-order valence-corrected chi connectivity index (χ4v) is 1.96. The lowest BCUT2D eigenvalue weighted by Gasteiger charge is -2.20. The molecule has 1 aromatic heterocycles. The van der Waals surface area contributed by atoms with E-state index in [1.165, 1.54) is 0 Å². The van der Waals surface area contributed by atoms with Crippen molar-refractivity contribution in [2.45, 2.75) is 24.3 Å². The van der Waals surface area contributed by atoms with Gasteiger partial charge in [-0.15, -0.1) is 6.42 Å². The van der Waals surface area contributed by atoms with Gasteiger partial charge in [0.25, 0.3) is 11.4 Å². The molecule has 2 heterocycles. The summed E-state index contributed by atoms with van der Waals surface area (Å²) in [5.74, 6) is -1.03. The number of terminal acetylenes is 1. The number of aromatic amines is 1. The van der Waals surface area contributed by atoms with Crippen LogP contribution in [-0.2, 0) is 4.74 Å². The van der Waals surface area contributed by atoms with Crippen LogP contribution in [0.15, 0.2) is 11.0 Å². The minimum Gasteiger partial charge on any atom is -0.390 e. The first kappa shape index (κ1) is 13.4. The maximum atomic E-state index is 14.1. The number of hydrogen-bond donors (Lipinski definition) is 4. The van der Waals surface area contributed by atoms with Crippen molar-refractivity contribution < 1.29 is 25.8 Å². The number of hydrogen-bond acceptors (Lipinski definition) is 6. The van der Waals surface area contributed by atoms with Gasteiger partial charge in [0.1, 0.15) is 24.4 Å². The molecule has 0 amide bonds. The maximum Gasteiger partial charge on any atom is 0.267 e. The standard InChI is InChI=1S/C11H11FN2O5S/c1-2-5-3-14(10(20)13-8(5)18)9-6(16)7(17)11(12,4-15)19-9/h1,3,6-7,9,15-17H,4H2,(H,13,18,20)/t6-,7+,9-,11-/m1/s1/i9D. The third kappa shape index (κ3) is 2.17. The molecule has 0 radical (unpaired) electrons. The molecule has 4 N–H and O–H groups in total. The van der Waals surface area contributed by atoms with Crippen LogP contribution in [0.2, 0.25) is 0 Å². The molecule has 1 fully saturated rings. The molecule has 0 saturated carbocycles. The Morgan fingerprint density at radius 2 is 2.40 bits per heavy atom. The molecule has 1 saturated heterocycles. The van der Waals surface area contributed by atoms with Gasteiger partial charge in [0.15, 0.2) is 11.0 Å². The van der Waals surface area contributed by atoms with Crippen LogP contribution in [0.25, 0.3) is 0 Å². The van der Waals surface area contributed by atoms with Crippen LogP contribution in [0, 0.1) is 17.1 Å². The molecule has 0 spiro atoms. The summed E-state index contributed by atoms with van der Waals surface area (Å²) < 4.78 is 27.1. The molecule has 20 heavy (non-hydrogen) atoms. The highest BCUT2D eigenvalue weighted by molar-refractivity contribution is 7.71. The van der Waals surface area contributed by atoms with Gasteiger partial charge in [-0.3, -0.25) is 14.3 Å². The average molecular weight is 303 g/mol. The van der Waals surface area contributed by atoms with Crippen molar-refractivity contribution in [1.82, 2.24) is 9.55 Å². The Kier molecular flexibility index (Phi) is 3.41. The number of ether oxygens (including phenoxy) is 1. The van der Waals surface area contributed by atoms with Gasteiger partial charge in [0.05, 0.1) is 1.37 Å². The highest BCUT2D eigenvalue weighted by atomic mass is 32.1. The summed E-state index contributed by atoms with van der Waals surface area (Å²) in [6.07, 6.45) is -0.853. The van der Waals surface area contributed by atoms with Gasteiger partial charge in [0.2, 0.25) is 0 Å². The summed E-state index contributed by atoms with van der Waals surface area (Å²) in [4.78, 5) is 13.6. The van der Waals surface area contributed by atoms with Gasteiger partial charge in [-0.2, -0.15) is 0 Å². The fraction of sp³-hybridized carbons (Fsp3) is 0.455. The molecule has 0 unspecified atom stereocenters. The number of halogens is 1. The van der Waals surface area contributed by atoms with Gasteiger partial charge in [-0.25, -0.2) is 4.39 Å². The number of H-pyrrole nitrogens is 1. The summed E-state index contributed by atoms with van der Waals surface area (Å²) in [5, 5.41) is 28.4. The number of aliphatic hydroxyl groups excluding tert-OH is 3. The van der Waals surface area contributed by atoms with E-state index in [1.807, 2.05) is 5.92 Å². The molecule has 1 aliphatic heterocycles. The first-order valence-electron chi connectivity index (χ1n) is 5.89. The third-order valence-electron chi connectivity index (χ3n) is 2.82. The van der Waals surface area contributed by atoms with E-state index in [0.29, 0.717) is 4.57 Å². The van der Waals surface area contributed by atoms with Crippen LogP contribution in [0.3, 0.4) is 0 Å². The number of alkyl halides is 1. The molecule has 2 rings (SSSR count). The van der Waals surface area contributed by atoms with Crippen molar-refractivity contribution in [2.24, 2.45) is 0 Å². The maximum absolute atomic E-state index is 14.1. The predicted octanol–water partition coefficient (Wildman–Crippen LogP) is -1.20. The van der Waals surface area contributed by atoms with Crippen molar-refractivity contribution >= 4 is 12.2 Å². The van der Waals surface area contributed by atoms with Crippen molar-refractivity contribution in [3.05, 3.63) is 26.9 Å². The zero-order chi connectivity index (χ0) is 16.0. The van der Waals surface area contributed by atoms with E-state index in [9.17, 15) is 19.4 Å². The molecule has 1 aliphatic rings. The molecule has 1 aromatic rings. The lowest BCUT2D eigenvalue weighted by Crippen LogP contribution is -2.42. The quantitative estimate of drug-likeness (QED) is 0.404. The summed E-state index contributed by atoms with van der Waals surface area (Å²) >= 11 is 4.82. The molecule has 7 nitrogen and oxygen atoms in total. The normalized spacial score (nSPS) is 37.5. The van der Waals surface area contributed by atoms with E-state index in [1.54, 1.807) is 0 Å². The van der Waals surface area contributed by atoms with Crippen molar-refractivity contribution in [2.75, 3.05) is 6.61 Å². The Morgan fingerprint density at radius 1 is 1.75 bits per heavy atom. The van der Waals surface area contributed by atoms with Crippen LogP contribution < -0.4 is 5.56 Å². The Morgan fingerprint density at radius 3 is 2.90 bits per heavy atom. The Labute approximate surface area is 118 Å². The zero-order valence-corrected chi connectivity index (χ0v) is 10.7. The minimum absolute atomic E-state index is 0.235. The first-order valence-corrected chi connectivity index (χ1v) is 5.79. The summed E-state index contributed by atoms with van der Waals surface area (Å²) in [5.41, 5.74) is -0.940. The van der Waals surface area contributed by atoms with Crippen molar-refractivity contribution in [1.29, 1.82) is 0 Å². The number of aromatic nitrogens is 2. The fourth-order valence-electron chi connectivity index (χ4n) is 1.72. The third-order valence-corrected chi connectivity index (χ3v) is 3.12. The Hall–Kier alpha value is -1.57. The number of nitrogens with one attached hydrogen (secondary N) is 1. The second-order valence-corrected chi connectivity index (χ2v) is 4.48. The predicted molar refractivity (Wildman–Crippen MR) is 66.9 cm³/mol. The lowest BCUT2D eigenvalue weighted by molar-refractivity contribution is -0.207. The summed E-state index contributed by atoms with van der Waals surface area (Å²) in [6, 6.07) is 0. The molecule has 0 bridgehead atoms. The monoisotopic (exact) mass is 303 g/mol. The van der Waals surface area contributed by atoms with Crippen LogP contribution in [0.5, 0.6) is 0 Å². The number of aliphatic hydroxyl groups is 3. The highest BCUT2D eigenvalue weighted by Crippen LogP contribution is 2.37. The Bertz CT molecular complexity index is 731. The molecule has 0 aliphatic carbocycles. The molecule has 108 valence electrons. The van der Waals surface area contributed by atoms with Crippen LogP contribution in [0.4, 0.5) is 4.39 Å². The first-order chi connectivity index (χ1) is 9.69. The van der Waals surface area contributed by atoms with Gasteiger partial charge in [0, 0.05) is 6.20 Å². The van der Waals surface area contributed by atoms with Crippen LogP contribution in [0.1, 0.15) is 13.1 Å². The second kappa shape index (κ2) is 5.08. The van der Waals surface area contributed by atoms with E-state index >= 15 is 0 Å². The topological polar surface area (TPSA) is 108 Å². The minimum atomic E-state index is -3.05. The summed E-state index contributed by atoms with van der Waals surface area (Å²) in [7, 11) is 0. The van der Waals surface area contributed by atoms with Crippen LogP contribution in [-0.4, -0.2) is 49.5 Å². The van der Waals surface area contributed by atoms with Gasteiger partial charge in [-0.1, -0.05) is 5.92 Å². The highest BCUT2D eigenvalue weighted by Gasteiger charge is 2.55. The van der Waals surface area contributed by atoms with E-state index < -0.39 is 36.4 Å². The SMILES string of the molecule is [2H][C@@]1(n2cc(C#C)c(=O)[nH]c2=S)O[C@](F)(CO)[C@@H](O)[C@H]1O. The number of rotatable bonds is 2. The smallest absolute Gasteiger partial charge is 0.267 e. The molecular weight excluding hydrogens is 291 g/mol. The van der Waals surface area contributed by atoms with E-state index in [4.69, 9.17) is 25.1 Å². The molecular formula is C11H11FN2O5S. The van der Waals surface area contributed by atoms with Crippen molar-refractivity contribution in [3.63, 3.8) is 0 Å². The number of nitrogens with zero attached hydrogens (tertiary/aromatic N) is 1. The van der Waals surface area contributed by atoms with Crippen molar-refractivity contribution in [3.8, 4) is 12.3 Å². The molecule has 9 heteroatoms. The Balaban J connectivity index is 2.64. The lowest BCUT2D eigenvalue weighted by atomic mass is 10.1. The zero-order valence-electron chi connectivity index (χ0n) is 10.9. The molecule has 0 aromatic carbocycles. The van der Waals surface area contributed by atoms with Gasteiger partial charge >= 0.3 is 0 Å². The van der Waals surface area contributed by atoms with E-state index in [-0.39, 0.29) is 10.3 Å². The van der Waals surface area contributed by atoms with E-state index in [0.717, 1.165) is 6.20 Å².